The number of ether oxygens (including phenoxy) is 3. The van der Waals surface area contributed by atoms with Gasteiger partial charge in [-0.05, 0) is 30.7 Å². The fourth-order valence-electron chi connectivity index (χ4n) is 2.76. The summed E-state index contributed by atoms with van der Waals surface area (Å²) in [6.45, 7) is 2.65. The van der Waals surface area contributed by atoms with E-state index in [1.807, 2.05) is 30.3 Å². The number of esters is 1. The molecule has 0 aliphatic heterocycles. The van der Waals surface area contributed by atoms with Crippen molar-refractivity contribution < 1.29 is 19.0 Å². The van der Waals surface area contributed by atoms with Crippen LogP contribution in [0.5, 0.6) is 5.75 Å². The van der Waals surface area contributed by atoms with E-state index in [2.05, 4.69) is 5.32 Å². The molecule has 144 valence electrons. The molecule has 6 heteroatoms. The lowest BCUT2D eigenvalue weighted by molar-refractivity contribution is 0.0526. The monoisotopic (exact) mass is 370 g/mol. The minimum atomic E-state index is -0.371. The summed E-state index contributed by atoms with van der Waals surface area (Å²) in [4.78, 5) is 12.0. The molecule has 0 radical (unpaired) electrons. The third-order valence-electron chi connectivity index (χ3n) is 4.20. The van der Waals surface area contributed by atoms with Crippen molar-refractivity contribution in [2.45, 2.75) is 19.3 Å². The van der Waals surface area contributed by atoms with Crippen LogP contribution < -0.4 is 10.1 Å². The van der Waals surface area contributed by atoms with E-state index in [0.717, 1.165) is 5.56 Å². The molecule has 27 heavy (non-hydrogen) atoms. The van der Waals surface area contributed by atoms with Crippen molar-refractivity contribution in [1.82, 2.24) is 0 Å². The van der Waals surface area contributed by atoms with E-state index in [1.165, 1.54) is 7.11 Å². The molecule has 2 aromatic rings. The van der Waals surface area contributed by atoms with Crippen LogP contribution in [0.1, 0.15) is 35.2 Å². The second-order valence-electron chi connectivity index (χ2n) is 5.96. The topological polar surface area (TPSA) is 80.6 Å². The van der Waals surface area contributed by atoms with Crippen LogP contribution in [0.15, 0.2) is 48.5 Å². The summed E-state index contributed by atoms with van der Waals surface area (Å²) in [5, 5.41) is 11.2. The highest BCUT2D eigenvalue weighted by molar-refractivity contribution is 5.91. The molecule has 0 spiro atoms. The van der Waals surface area contributed by atoms with Crippen molar-refractivity contribution in [3.8, 4) is 5.75 Å². The zero-order valence-corrected chi connectivity index (χ0v) is 16.0. The number of carbonyl (C=O) groups excluding carboxylic acids is 1. The highest BCUT2D eigenvalue weighted by Crippen LogP contribution is 2.28. The summed E-state index contributed by atoms with van der Waals surface area (Å²) in [5.74, 6) is 0.521. The second-order valence-corrected chi connectivity index (χ2v) is 5.96. The first-order chi connectivity index (χ1) is 13.1. The number of methoxy groups -OCH3 is 2. The molecule has 0 amide bonds. The largest absolute Gasteiger partial charge is 0.495 e. The number of anilines is 1. The Hall–Kier alpha value is -3.02. The number of benzene rings is 2. The molecule has 6 nitrogen and oxygen atoms in total. The van der Waals surface area contributed by atoms with Gasteiger partial charge in [-0.3, -0.25) is 5.41 Å². The van der Waals surface area contributed by atoms with Gasteiger partial charge in [-0.1, -0.05) is 30.3 Å². The van der Waals surface area contributed by atoms with Crippen LogP contribution in [0.3, 0.4) is 0 Å². The van der Waals surface area contributed by atoms with Crippen molar-refractivity contribution in [3.63, 3.8) is 0 Å². The molecule has 0 aromatic heterocycles. The minimum Gasteiger partial charge on any atom is -0.495 e. The molecule has 0 saturated carbocycles. The van der Waals surface area contributed by atoms with E-state index < -0.39 is 0 Å². The van der Waals surface area contributed by atoms with Crippen LogP contribution in [0.25, 0.3) is 0 Å². The number of nitrogens with one attached hydrogen (secondary N) is 2. The number of carbonyl (C=O) groups is 1. The average molecular weight is 370 g/mol. The van der Waals surface area contributed by atoms with Crippen molar-refractivity contribution in [2.75, 3.05) is 32.7 Å². The Kier molecular flexibility index (Phi) is 7.67. The van der Waals surface area contributed by atoms with Crippen LogP contribution in [-0.4, -0.2) is 39.2 Å². The van der Waals surface area contributed by atoms with E-state index in [1.54, 1.807) is 32.2 Å². The predicted molar refractivity (Wildman–Crippen MR) is 106 cm³/mol. The Bertz CT molecular complexity index is 762. The maximum Gasteiger partial charge on any atom is 0.338 e. The molecule has 2 aromatic carbocycles. The SMILES string of the molecule is CCOC(=O)c1ccc(OC)c(NCC(CC(=N)OC)c2ccccc2)c1. The van der Waals surface area contributed by atoms with Crippen molar-refractivity contribution in [3.05, 3.63) is 59.7 Å². The van der Waals surface area contributed by atoms with Gasteiger partial charge in [0.15, 0.2) is 5.90 Å². The van der Waals surface area contributed by atoms with E-state index in [4.69, 9.17) is 19.6 Å². The molecule has 0 saturated heterocycles. The van der Waals surface area contributed by atoms with E-state index in [0.29, 0.717) is 36.6 Å². The van der Waals surface area contributed by atoms with Crippen molar-refractivity contribution in [1.29, 1.82) is 5.41 Å². The van der Waals surface area contributed by atoms with Crippen LogP contribution in [0.2, 0.25) is 0 Å². The van der Waals surface area contributed by atoms with Gasteiger partial charge in [0.1, 0.15) is 5.75 Å². The van der Waals surface area contributed by atoms with Gasteiger partial charge < -0.3 is 19.5 Å². The highest BCUT2D eigenvalue weighted by Gasteiger charge is 2.17. The van der Waals surface area contributed by atoms with Gasteiger partial charge in [0.25, 0.3) is 0 Å². The predicted octanol–water partition coefficient (Wildman–Crippen LogP) is 4.08. The molecule has 0 aliphatic carbocycles. The van der Waals surface area contributed by atoms with Crippen molar-refractivity contribution >= 4 is 17.6 Å². The minimum absolute atomic E-state index is 0.0367. The van der Waals surface area contributed by atoms with Crippen LogP contribution in [-0.2, 0) is 9.47 Å². The summed E-state index contributed by atoms with van der Waals surface area (Å²) in [6, 6.07) is 15.1. The molecule has 0 aliphatic rings. The smallest absolute Gasteiger partial charge is 0.338 e. The summed E-state index contributed by atoms with van der Waals surface area (Å²) in [5.41, 5.74) is 2.27. The van der Waals surface area contributed by atoms with Gasteiger partial charge in [-0.15, -0.1) is 0 Å². The lowest BCUT2D eigenvalue weighted by Gasteiger charge is -2.20. The molecule has 0 fully saturated rings. The Morgan fingerprint density at radius 1 is 1.15 bits per heavy atom. The summed E-state index contributed by atoms with van der Waals surface area (Å²) < 4.78 is 15.5. The molecule has 0 bridgehead atoms. The molecular weight excluding hydrogens is 344 g/mol. The van der Waals surface area contributed by atoms with Gasteiger partial charge in [0.05, 0.1) is 32.1 Å². The molecule has 2 rings (SSSR count). The maximum atomic E-state index is 12.0. The van der Waals surface area contributed by atoms with Crippen LogP contribution in [0, 0.1) is 5.41 Å². The number of hydrogen-bond acceptors (Lipinski definition) is 6. The zero-order chi connectivity index (χ0) is 19.6. The van der Waals surface area contributed by atoms with Gasteiger partial charge >= 0.3 is 5.97 Å². The van der Waals surface area contributed by atoms with Gasteiger partial charge in [-0.25, -0.2) is 4.79 Å². The van der Waals surface area contributed by atoms with Gasteiger partial charge in [-0.2, -0.15) is 0 Å². The van der Waals surface area contributed by atoms with E-state index in [9.17, 15) is 4.79 Å². The molecule has 2 N–H and O–H groups in total. The Balaban J connectivity index is 2.20. The fraction of sp³-hybridized carbons (Fsp3) is 0.333. The summed E-state index contributed by atoms with van der Waals surface area (Å²) in [6.07, 6.45) is 0.466. The van der Waals surface area contributed by atoms with E-state index >= 15 is 0 Å². The normalized spacial score (nSPS) is 11.4. The summed E-state index contributed by atoms with van der Waals surface area (Å²) >= 11 is 0. The van der Waals surface area contributed by atoms with Gasteiger partial charge in [0, 0.05) is 18.9 Å². The Morgan fingerprint density at radius 2 is 1.89 bits per heavy atom. The third-order valence-corrected chi connectivity index (χ3v) is 4.20. The molecule has 1 atom stereocenters. The first-order valence-electron chi connectivity index (χ1n) is 8.84. The van der Waals surface area contributed by atoms with E-state index in [-0.39, 0.29) is 17.8 Å². The number of rotatable bonds is 9. The van der Waals surface area contributed by atoms with Crippen LogP contribution >= 0.6 is 0 Å². The standard InChI is InChI=1S/C21H26N2O4/c1-4-27-21(24)16-10-11-19(25-2)18(12-16)23-14-17(13-20(22)26-3)15-8-6-5-7-9-15/h5-12,17,22-23H,4,13-14H2,1-3H3. The Morgan fingerprint density at radius 3 is 2.52 bits per heavy atom. The zero-order valence-electron chi connectivity index (χ0n) is 16.0. The maximum absolute atomic E-state index is 12.0. The lowest BCUT2D eigenvalue weighted by atomic mass is 9.95. The molecule has 0 heterocycles. The van der Waals surface area contributed by atoms with Crippen LogP contribution in [0.4, 0.5) is 5.69 Å². The lowest BCUT2D eigenvalue weighted by Crippen LogP contribution is -2.17. The fourth-order valence-corrected chi connectivity index (χ4v) is 2.76. The quantitative estimate of drug-likeness (QED) is 0.395. The molecular formula is C21H26N2O4. The average Bonchev–Trinajstić information content (AvgIpc) is 2.71. The highest BCUT2D eigenvalue weighted by atomic mass is 16.5. The number of hydrogen-bond donors (Lipinski definition) is 2. The van der Waals surface area contributed by atoms with Crippen molar-refractivity contribution in [2.24, 2.45) is 0 Å². The van der Waals surface area contributed by atoms with Gasteiger partial charge in [0.2, 0.25) is 0 Å². The third kappa shape index (κ3) is 5.74. The second kappa shape index (κ2) is 10.2. The summed E-state index contributed by atoms with van der Waals surface area (Å²) in [7, 11) is 3.09. The molecule has 1 unspecified atom stereocenters. The first-order valence-corrected chi connectivity index (χ1v) is 8.84. The first kappa shape index (κ1) is 20.3. The Labute approximate surface area is 160 Å².